The van der Waals surface area contributed by atoms with Gasteiger partial charge in [-0.1, -0.05) is 231 Å². The summed E-state index contributed by atoms with van der Waals surface area (Å²) in [7, 11) is -5.08. The van der Waals surface area contributed by atoms with Crippen LogP contribution in [0.1, 0.15) is 264 Å². The van der Waals surface area contributed by atoms with Crippen LogP contribution >= 0.6 is 0 Å². The number of aliphatic hydroxyl groups is 4. The maximum absolute atomic E-state index is 13.1. The summed E-state index contributed by atoms with van der Waals surface area (Å²) in [6.45, 7) is 3.48. The van der Waals surface area contributed by atoms with Crippen LogP contribution in [0, 0.1) is 0 Å². The van der Waals surface area contributed by atoms with Crippen LogP contribution in [-0.4, -0.2) is 95.4 Å². The van der Waals surface area contributed by atoms with Crippen molar-refractivity contribution in [3.05, 3.63) is 12.2 Å². The highest BCUT2D eigenvalue weighted by molar-refractivity contribution is 7.80. The van der Waals surface area contributed by atoms with Crippen LogP contribution in [0.3, 0.4) is 0 Å². The summed E-state index contributed by atoms with van der Waals surface area (Å²) in [5, 5.41) is 45.1. The molecule has 13 heteroatoms. The van der Waals surface area contributed by atoms with Crippen molar-refractivity contribution in [1.29, 1.82) is 0 Å². The Morgan fingerprint density at radius 2 is 0.970 bits per heavy atom. The van der Waals surface area contributed by atoms with Crippen molar-refractivity contribution >= 4 is 16.3 Å². The van der Waals surface area contributed by atoms with Crippen molar-refractivity contribution < 1.29 is 51.8 Å². The molecule has 1 rings (SSSR count). The predicted molar refractivity (Wildman–Crippen MR) is 269 cm³/mol. The summed E-state index contributed by atoms with van der Waals surface area (Å²) in [5.41, 5.74) is 0. The lowest BCUT2D eigenvalue weighted by molar-refractivity contribution is -0.298. The third-order valence-electron chi connectivity index (χ3n) is 13.3. The van der Waals surface area contributed by atoms with Gasteiger partial charge in [0, 0.05) is 6.42 Å². The molecule has 0 bridgehead atoms. The highest BCUT2D eigenvalue weighted by Crippen LogP contribution is 2.26. The largest absolute Gasteiger partial charge is 0.397 e. The van der Waals surface area contributed by atoms with Crippen LogP contribution < -0.4 is 5.32 Å². The maximum atomic E-state index is 13.1. The molecule has 1 aliphatic heterocycles. The Labute approximate surface area is 404 Å². The maximum Gasteiger partial charge on any atom is 0.397 e. The lowest BCUT2D eigenvalue weighted by atomic mass is 9.99. The van der Waals surface area contributed by atoms with Crippen molar-refractivity contribution in [1.82, 2.24) is 5.32 Å². The Hall–Kier alpha value is -1.16. The molecule has 0 saturated carbocycles. The van der Waals surface area contributed by atoms with Crippen molar-refractivity contribution in [3.63, 3.8) is 0 Å². The highest BCUT2D eigenvalue weighted by atomic mass is 32.3. The normalized spacial score (nSPS) is 20.0. The molecule has 12 nitrogen and oxygen atoms in total. The molecule has 0 aromatic heterocycles. The zero-order valence-electron chi connectivity index (χ0n) is 42.3. The fraction of sp³-hybridized carbons (Fsp3) is 0.943. The Bertz CT molecular complexity index is 1220. The van der Waals surface area contributed by atoms with Gasteiger partial charge in [-0.2, -0.15) is 8.42 Å². The first kappa shape index (κ1) is 62.9. The second-order valence-electron chi connectivity index (χ2n) is 19.5. The van der Waals surface area contributed by atoms with Crippen molar-refractivity contribution in [2.75, 3.05) is 13.2 Å². The lowest BCUT2D eigenvalue weighted by Gasteiger charge is -2.41. The van der Waals surface area contributed by atoms with Crippen LogP contribution in [0.4, 0.5) is 0 Å². The molecule has 0 aliphatic carbocycles. The number of nitrogens with one attached hydrogen (secondary N) is 1. The number of hydrogen-bond donors (Lipinski definition) is 6. The van der Waals surface area contributed by atoms with E-state index in [1.54, 1.807) is 0 Å². The van der Waals surface area contributed by atoms with Crippen LogP contribution in [0.2, 0.25) is 0 Å². The van der Waals surface area contributed by atoms with Crippen LogP contribution in [0.15, 0.2) is 12.2 Å². The summed E-state index contributed by atoms with van der Waals surface area (Å²) >= 11 is 0. The number of amides is 1. The SMILES string of the molecule is CCCCCCCC/C=C\CCCCCCCCCC(=O)NC(COC1OC(CO)C(O)C(OS(=O)(=O)O)C1O)C(O)CCCCCCCCCCCCCCCCCCCCCCCC. The number of allylic oxidation sites excluding steroid dienone is 2. The molecule has 0 radical (unpaired) electrons. The van der Waals surface area contributed by atoms with Gasteiger partial charge in [0.25, 0.3) is 0 Å². The van der Waals surface area contributed by atoms with Gasteiger partial charge in [0.2, 0.25) is 5.91 Å². The van der Waals surface area contributed by atoms with E-state index in [0.29, 0.717) is 12.8 Å². The van der Waals surface area contributed by atoms with Crippen LogP contribution in [-0.2, 0) is 28.9 Å². The average molecular weight is 962 g/mol. The molecule has 0 aromatic rings. The number of unbranched alkanes of at least 4 members (excludes halogenated alkanes) is 34. The van der Waals surface area contributed by atoms with Crippen LogP contribution in [0.5, 0.6) is 0 Å². The summed E-state index contributed by atoms with van der Waals surface area (Å²) in [4.78, 5) is 13.1. The molecule has 1 amide bonds. The standard InChI is InChI=1S/C53H103NO11S/c1-3-5-7-9-11-13-15-17-19-21-22-23-24-25-27-28-30-32-34-36-38-40-42-47(56)46(45-63-53-51(59)52(65-66(60,61)62)50(58)48(44-55)64-53)54-49(57)43-41-39-37-35-33-31-29-26-20-18-16-14-12-10-8-6-4-2/h18,20,46-48,50-53,55-56,58-59H,3-17,19,21-45H2,1-2H3,(H,54,57)(H,60,61,62)/b20-18-. The van der Waals surface area contributed by atoms with Gasteiger partial charge in [-0.05, 0) is 38.5 Å². The zero-order chi connectivity index (χ0) is 48.4. The van der Waals surface area contributed by atoms with Gasteiger partial charge in [-0.3, -0.25) is 9.35 Å². The van der Waals surface area contributed by atoms with E-state index in [9.17, 15) is 38.2 Å². The quantitative estimate of drug-likeness (QED) is 0.0193. The van der Waals surface area contributed by atoms with E-state index in [2.05, 4.69) is 35.5 Å². The first-order valence-electron chi connectivity index (χ1n) is 27.6. The van der Waals surface area contributed by atoms with Gasteiger partial charge < -0.3 is 35.2 Å². The fourth-order valence-corrected chi connectivity index (χ4v) is 9.55. The topological polar surface area (TPSA) is 192 Å². The van der Waals surface area contributed by atoms with Crippen LogP contribution in [0.25, 0.3) is 0 Å². The number of rotatable bonds is 48. The number of carbonyl (C=O) groups excluding carboxylic acids is 1. The van der Waals surface area contributed by atoms with Gasteiger partial charge in [0.05, 0.1) is 25.4 Å². The first-order chi connectivity index (χ1) is 32.0. The minimum atomic E-state index is -5.08. The van der Waals surface area contributed by atoms with E-state index in [4.69, 9.17) is 9.47 Å². The van der Waals surface area contributed by atoms with Crippen molar-refractivity contribution in [2.45, 2.75) is 307 Å². The zero-order valence-corrected chi connectivity index (χ0v) is 43.1. The molecule has 1 aliphatic rings. The summed E-state index contributed by atoms with van der Waals surface area (Å²) in [5.74, 6) is -0.231. The second kappa shape index (κ2) is 43.8. The van der Waals surface area contributed by atoms with E-state index >= 15 is 0 Å². The van der Waals surface area contributed by atoms with E-state index in [0.717, 1.165) is 51.4 Å². The van der Waals surface area contributed by atoms with E-state index in [1.807, 2.05) is 0 Å². The summed E-state index contributed by atoms with van der Waals surface area (Å²) in [6.07, 6.45) is 42.1. The Morgan fingerprint density at radius 3 is 1.36 bits per heavy atom. The average Bonchev–Trinajstić information content (AvgIpc) is 3.29. The highest BCUT2D eigenvalue weighted by Gasteiger charge is 2.48. The molecular weight excluding hydrogens is 859 g/mol. The molecule has 0 spiro atoms. The molecule has 1 heterocycles. The van der Waals surface area contributed by atoms with E-state index in [1.165, 1.54) is 180 Å². The second-order valence-corrected chi connectivity index (χ2v) is 20.6. The Morgan fingerprint density at radius 1 is 0.591 bits per heavy atom. The molecule has 66 heavy (non-hydrogen) atoms. The summed E-state index contributed by atoms with van der Waals surface area (Å²) < 4.78 is 47.9. The molecule has 1 saturated heterocycles. The third kappa shape index (κ3) is 35.9. The molecule has 1 fully saturated rings. The molecule has 7 unspecified atom stereocenters. The Kier molecular flexibility index (Phi) is 41.7. The van der Waals surface area contributed by atoms with Crippen molar-refractivity contribution in [3.8, 4) is 0 Å². The minimum Gasteiger partial charge on any atom is -0.394 e. The number of hydrogen-bond acceptors (Lipinski definition) is 10. The molecule has 6 N–H and O–H groups in total. The smallest absolute Gasteiger partial charge is 0.394 e. The predicted octanol–water partition coefficient (Wildman–Crippen LogP) is 12.3. The summed E-state index contributed by atoms with van der Waals surface area (Å²) in [6, 6.07) is -0.858. The van der Waals surface area contributed by atoms with Gasteiger partial charge in [-0.15, -0.1) is 0 Å². The van der Waals surface area contributed by atoms with Crippen molar-refractivity contribution in [2.24, 2.45) is 0 Å². The molecule has 7 atom stereocenters. The fourth-order valence-electron chi connectivity index (χ4n) is 9.04. The Balaban J connectivity index is 2.38. The number of ether oxygens (including phenoxy) is 2. The monoisotopic (exact) mass is 962 g/mol. The van der Waals surface area contributed by atoms with E-state index in [-0.39, 0.29) is 18.9 Å². The third-order valence-corrected chi connectivity index (χ3v) is 13.8. The van der Waals surface area contributed by atoms with E-state index < -0.39 is 59.9 Å². The minimum absolute atomic E-state index is 0.231. The lowest BCUT2D eigenvalue weighted by Crippen LogP contribution is -2.61. The number of aliphatic hydroxyl groups excluding tert-OH is 4. The van der Waals surface area contributed by atoms with Gasteiger partial charge in [-0.25, -0.2) is 4.18 Å². The molecular formula is C53H103NO11S. The molecule has 392 valence electrons. The molecule has 0 aromatic carbocycles. The van der Waals surface area contributed by atoms with Gasteiger partial charge >= 0.3 is 10.4 Å². The first-order valence-corrected chi connectivity index (χ1v) is 28.9. The van der Waals surface area contributed by atoms with Gasteiger partial charge in [0.1, 0.15) is 24.4 Å². The van der Waals surface area contributed by atoms with Gasteiger partial charge in [0.15, 0.2) is 6.29 Å². The number of carbonyl (C=O) groups is 1.